The fourth-order valence-electron chi connectivity index (χ4n) is 4.84. The Morgan fingerprint density at radius 2 is 1.75 bits per heavy atom. The average molecular weight is 862 g/mol. The van der Waals surface area contributed by atoms with E-state index in [4.69, 9.17) is 10.5 Å². The van der Waals surface area contributed by atoms with E-state index in [9.17, 15) is 62.7 Å². The van der Waals surface area contributed by atoms with Crippen molar-refractivity contribution >= 4 is 74.9 Å². The van der Waals surface area contributed by atoms with Gasteiger partial charge < -0.3 is 69.0 Å². The Morgan fingerprint density at radius 3 is 2.38 bits per heavy atom. The van der Waals surface area contributed by atoms with Crippen molar-refractivity contribution in [1.29, 1.82) is 0 Å². The number of aromatic nitrogens is 4. The molecule has 7 atom stereocenters. The van der Waals surface area contributed by atoms with Crippen LogP contribution in [0.25, 0.3) is 11.2 Å². The van der Waals surface area contributed by atoms with Gasteiger partial charge in [0.1, 0.15) is 42.0 Å². The number of aliphatic hydroxyl groups is 2. The number of thioether (sulfide) groups is 1. The van der Waals surface area contributed by atoms with Gasteiger partial charge >= 0.3 is 0 Å². The summed E-state index contributed by atoms with van der Waals surface area (Å²) >= 11 is 0.866. The fraction of sp³-hybridized carbons (Fsp3) is 0.654. The van der Waals surface area contributed by atoms with Gasteiger partial charge in [-0.2, -0.15) is 0 Å². The first-order valence-corrected chi connectivity index (χ1v) is 21.1. The summed E-state index contributed by atoms with van der Waals surface area (Å²) in [7, 11) is -17.7. The van der Waals surface area contributed by atoms with Crippen LogP contribution in [0.3, 0.4) is 0 Å². The van der Waals surface area contributed by atoms with Crippen LogP contribution in [-0.2, 0) is 61.2 Å². The molecule has 7 unspecified atom stereocenters. The SMILES string of the molecule is CC(=O)CC(=O)SCCNC(=O)CCNC(=O)C(O)C(C)(C)COP(=O)([O-])OP(=O)([O-])OCC1OC(C)(n2cnc3c(N)ncnc32)C(O)C1OP(=O)([O-])[O-]. The molecule has 2 aromatic heterocycles. The normalized spacial score (nSPS) is 23.1. The van der Waals surface area contributed by atoms with Gasteiger partial charge in [0.2, 0.25) is 11.8 Å². The number of ether oxygens (including phenoxy) is 1. The van der Waals surface area contributed by atoms with Crippen molar-refractivity contribution in [1.82, 2.24) is 30.2 Å². The Kier molecular flexibility index (Phi) is 15.8. The van der Waals surface area contributed by atoms with Crippen LogP contribution in [0, 0.1) is 5.41 Å². The molecular weight excluding hydrogens is 823 g/mol. The second-order valence-corrected chi connectivity index (χ2v) is 17.9. The Hall–Kier alpha value is -2.77. The number of phosphoric ester groups is 3. The van der Waals surface area contributed by atoms with Gasteiger partial charge in [0.15, 0.2) is 22.3 Å². The molecule has 2 aromatic rings. The lowest BCUT2D eigenvalue weighted by Gasteiger charge is -2.36. The highest BCUT2D eigenvalue weighted by Crippen LogP contribution is 2.56. The molecular formula is C26H38N7O18P3S-4. The highest BCUT2D eigenvalue weighted by molar-refractivity contribution is 8.13. The highest BCUT2D eigenvalue weighted by atomic mass is 32.2. The summed E-state index contributed by atoms with van der Waals surface area (Å²) < 4.78 is 60.9. The number of Topliss-reactive ketones (excluding diaryl/α,β-unsaturated/α-hetero) is 1. The number of fused-ring (bicyclic) bond motifs is 1. The van der Waals surface area contributed by atoms with E-state index in [1.54, 1.807) is 0 Å². The first-order chi connectivity index (χ1) is 25.3. The number of hydrogen-bond acceptors (Lipinski definition) is 23. The van der Waals surface area contributed by atoms with E-state index in [1.165, 1.54) is 27.7 Å². The van der Waals surface area contributed by atoms with Gasteiger partial charge in [-0.25, -0.2) is 19.3 Å². The Bertz CT molecular complexity index is 1880. The molecule has 0 aliphatic carbocycles. The Morgan fingerprint density at radius 1 is 1.09 bits per heavy atom. The third-order valence-electron chi connectivity index (χ3n) is 7.62. The molecule has 3 rings (SSSR count). The number of carbonyl (C=O) groups is 4. The zero-order chi connectivity index (χ0) is 41.6. The van der Waals surface area contributed by atoms with E-state index < -0.39 is 84.1 Å². The number of ketones is 1. The smallest absolute Gasteiger partial charge is 0.274 e. The molecule has 0 saturated carbocycles. The van der Waals surface area contributed by atoms with Crippen LogP contribution in [0.1, 0.15) is 40.5 Å². The van der Waals surface area contributed by atoms with Crippen molar-refractivity contribution in [2.75, 3.05) is 37.8 Å². The molecule has 1 aliphatic rings. The predicted octanol–water partition coefficient (Wildman–Crippen LogP) is -3.71. The van der Waals surface area contributed by atoms with Crippen LogP contribution in [0.2, 0.25) is 0 Å². The largest absolute Gasteiger partial charge is 0.790 e. The van der Waals surface area contributed by atoms with Crippen molar-refractivity contribution in [2.24, 2.45) is 5.41 Å². The molecule has 2 amide bonds. The van der Waals surface area contributed by atoms with Crippen LogP contribution in [0.5, 0.6) is 0 Å². The van der Waals surface area contributed by atoms with Gasteiger partial charge in [0.25, 0.3) is 15.6 Å². The van der Waals surface area contributed by atoms with Crippen molar-refractivity contribution in [3.05, 3.63) is 12.7 Å². The summed E-state index contributed by atoms with van der Waals surface area (Å²) in [6.07, 6.45) is -6.41. The number of nitrogens with zero attached hydrogens (tertiary/aromatic N) is 4. The van der Waals surface area contributed by atoms with Gasteiger partial charge in [-0.15, -0.1) is 0 Å². The number of phosphoric acid groups is 3. The number of nitrogens with two attached hydrogens (primary N) is 1. The van der Waals surface area contributed by atoms with Crippen LogP contribution < -0.4 is 35.9 Å². The second kappa shape index (κ2) is 18.7. The van der Waals surface area contributed by atoms with E-state index in [0.29, 0.717) is 0 Å². The van der Waals surface area contributed by atoms with E-state index in [1.807, 2.05) is 0 Å². The van der Waals surface area contributed by atoms with Gasteiger partial charge in [-0.3, -0.25) is 32.9 Å². The Balaban J connectivity index is 1.54. The van der Waals surface area contributed by atoms with Crippen molar-refractivity contribution in [3.63, 3.8) is 0 Å². The lowest BCUT2D eigenvalue weighted by atomic mass is 9.87. The minimum atomic E-state index is -5.94. The van der Waals surface area contributed by atoms with Gasteiger partial charge in [0, 0.05) is 30.7 Å². The number of imidazole rings is 1. The van der Waals surface area contributed by atoms with Gasteiger partial charge in [0.05, 0.1) is 33.8 Å². The number of rotatable bonds is 21. The number of anilines is 1. The maximum absolute atomic E-state index is 12.5. The molecule has 3 heterocycles. The molecule has 29 heteroatoms. The molecule has 310 valence electrons. The summed E-state index contributed by atoms with van der Waals surface area (Å²) in [4.78, 5) is 107. The third kappa shape index (κ3) is 13.4. The van der Waals surface area contributed by atoms with Gasteiger partial charge in [-0.1, -0.05) is 25.6 Å². The summed E-state index contributed by atoms with van der Waals surface area (Å²) in [6.45, 7) is 2.32. The van der Waals surface area contributed by atoms with Crippen molar-refractivity contribution < 1.29 is 85.3 Å². The zero-order valence-electron chi connectivity index (χ0n) is 29.5. The van der Waals surface area contributed by atoms with E-state index in [-0.39, 0.29) is 59.6 Å². The molecule has 0 bridgehead atoms. The molecule has 0 radical (unpaired) electrons. The number of hydrogen-bond donors (Lipinski definition) is 5. The maximum atomic E-state index is 12.5. The molecule has 1 saturated heterocycles. The van der Waals surface area contributed by atoms with Crippen LogP contribution >= 0.6 is 35.2 Å². The Labute approximate surface area is 316 Å². The number of nitrogens with one attached hydrogen (secondary N) is 2. The summed E-state index contributed by atoms with van der Waals surface area (Å²) in [5, 5.41) is 25.9. The summed E-state index contributed by atoms with van der Waals surface area (Å²) in [5.41, 5.74) is 1.98. The lowest BCUT2D eigenvalue weighted by molar-refractivity contribution is -0.347. The molecule has 1 aliphatic heterocycles. The highest BCUT2D eigenvalue weighted by Gasteiger charge is 2.55. The molecule has 55 heavy (non-hydrogen) atoms. The standard InChI is InChI=1S/C26H42N7O18P3S/c1-14(34)9-17(36)55-8-7-28-16(35)5-6-29-24(39)21(38)25(2,3)11-48-54(45,46)51-53(43,44)47-10-15-19(50-52(40,41)42)20(37)26(4,49-15)33-13-32-18-22(27)30-12-31-23(18)33/h12-13,15,19-21,37-38H,5-11H2,1-4H3,(H,28,35)(H,29,39)(H,43,44)(H,45,46)(H2,27,30,31)(H2,40,41,42)/p-4. The van der Waals surface area contributed by atoms with Crippen LogP contribution in [0.4, 0.5) is 5.82 Å². The predicted molar refractivity (Wildman–Crippen MR) is 178 cm³/mol. The van der Waals surface area contributed by atoms with Crippen molar-refractivity contribution in [2.45, 2.75) is 70.7 Å². The summed E-state index contributed by atoms with van der Waals surface area (Å²) in [5.74, 6) is -1.73. The van der Waals surface area contributed by atoms with Crippen molar-refractivity contribution in [3.8, 4) is 0 Å². The number of carbonyl (C=O) groups excluding carboxylic acids is 4. The first kappa shape index (κ1) is 46.6. The quantitative estimate of drug-likeness (QED) is 0.0458. The van der Waals surface area contributed by atoms with E-state index in [0.717, 1.165) is 29.0 Å². The molecule has 0 aromatic carbocycles. The third-order valence-corrected chi connectivity index (χ3v) is 11.5. The number of aliphatic hydroxyl groups excluding tert-OH is 2. The second-order valence-electron chi connectivity index (χ2n) is 12.6. The fourth-order valence-corrected chi connectivity index (χ4v) is 8.30. The molecule has 25 nitrogen and oxygen atoms in total. The average Bonchev–Trinajstić information content (AvgIpc) is 3.60. The number of nitrogen functional groups attached to an aromatic ring is 1. The minimum absolute atomic E-state index is 0.0288. The van der Waals surface area contributed by atoms with E-state index in [2.05, 4.69) is 43.5 Å². The van der Waals surface area contributed by atoms with Gasteiger partial charge in [-0.05, 0) is 13.8 Å². The zero-order valence-corrected chi connectivity index (χ0v) is 33.0. The van der Waals surface area contributed by atoms with E-state index >= 15 is 0 Å². The van der Waals surface area contributed by atoms with Crippen LogP contribution in [-0.4, -0.2) is 109 Å². The monoisotopic (exact) mass is 861 g/mol. The lowest BCUT2D eigenvalue weighted by Crippen LogP contribution is -2.46. The molecule has 1 fully saturated rings. The molecule has 6 N–H and O–H groups in total. The molecule has 0 spiro atoms. The maximum Gasteiger partial charge on any atom is 0.274 e. The summed E-state index contributed by atoms with van der Waals surface area (Å²) in [6, 6.07) is 0. The topological polar surface area (TPSA) is 392 Å². The first-order valence-electron chi connectivity index (χ1n) is 15.8. The minimum Gasteiger partial charge on any atom is -0.790 e. The number of amides is 2. The van der Waals surface area contributed by atoms with Crippen LogP contribution in [0.15, 0.2) is 12.7 Å².